The third-order valence-electron chi connectivity index (χ3n) is 7.03. The second kappa shape index (κ2) is 9.49. The molecule has 0 saturated carbocycles. The molecule has 0 spiro atoms. The third kappa shape index (κ3) is 4.71. The van der Waals surface area contributed by atoms with Gasteiger partial charge in [-0.05, 0) is 69.1 Å². The maximum absolute atomic E-state index is 13.9. The first kappa shape index (κ1) is 23.6. The molecule has 3 aromatic rings. The van der Waals surface area contributed by atoms with Crippen LogP contribution in [0.25, 0.3) is 16.9 Å². The number of fused-ring (bicyclic) bond motifs is 2. The lowest BCUT2D eigenvalue weighted by Gasteiger charge is -2.44. The van der Waals surface area contributed by atoms with Crippen molar-refractivity contribution >= 4 is 11.6 Å². The van der Waals surface area contributed by atoms with Gasteiger partial charge in [0.15, 0.2) is 11.3 Å². The quantitative estimate of drug-likeness (QED) is 0.479. The number of ether oxygens (including phenoxy) is 2. The fraction of sp³-hybridized carbons (Fsp3) is 0.480. The van der Waals surface area contributed by atoms with E-state index in [4.69, 9.17) is 9.47 Å². The van der Waals surface area contributed by atoms with Crippen LogP contribution in [-0.2, 0) is 10.9 Å². The van der Waals surface area contributed by atoms with E-state index in [0.29, 0.717) is 21.9 Å². The molecule has 0 amide bonds. The minimum absolute atomic E-state index is 0.0761. The average molecular weight is 489 g/mol. The predicted molar refractivity (Wildman–Crippen MR) is 122 cm³/mol. The molecular formula is C25H27F3N4O3. The molecule has 35 heavy (non-hydrogen) atoms. The Morgan fingerprint density at radius 1 is 1.11 bits per heavy atom. The Morgan fingerprint density at radius 2 is 1.89 bits per heavy atom. The van der Waals surface area contributed by atoms with Crippen molar-refractivity contribution in [1.82, 2.24) is 19.5 Å². The summed E-state index contributed by atoms with van der Waals surface area (Å²) in [6, 6.07) is 7.83. The number of carbonyl (C=O) groups excluding carboxylic acids is 1. The van der Waals surface area contributed by atoms with Crippen molar-refractivity contribution in [3.05, 3.63) is 47.8 Å². The van der Waals surface area contributed by atoms with E-state index in [1.807, 2.05) is 0 Å². The van der Waals surface area contributed by atoms with Crippen molar-refractivity contribution in [1.29, 1.82) is 0 Å². The van der Waals surface area contributed by atoms with Gasteiger partial charge in [0.25, 0.3) is 0 Å². The zero-order chi connectivity index (χ0) is 24.6. The van der Waals surface area contributed by atoms with Crippen LogP contribution < -0.4 is 4.74 Å². The second-order valence-electron chi connectivity index (χ2n) is 9.15. The summed E-state index contributed by atoms with van der Waals surface area (Å²) in [5, 5.41) is 3.83. The number of hydrogen-bond acceptors (Lipinski definition) is 6. The van der Waals surface area contributed by atoms with Gasteiger partial charge in [-0.3, -0.25) is 4.90 Å². The molecule has 2 saturated heterocycles. The zero-order valence-corrected chi connectivity index (χ0v) is 19.4. The molecule has 0 radical (unpaired) electrons. The van der Waals surface area contributed by atoms with E-state index >= 15 is 0 Å². The van der Waals surface area contributed by atoms with Crippen LogP contribution in [0.2, 0.25) is 0 Å². The number of halogens is 3. The zero-order valence-electron chi connectivity index (χ0n) is 19.4. The molecule has 4 heterocycles. The van der Waals surface area contributed by atoms with Crippen LogP contribution in [-0.4, -0.2) is 58.3 Å². The fourth-order valence-corrected chi connectivity index (χ4v) is 5.25. The summed E-state index contributed by atoms with van der Waals surface area (Å²) in [6.07, 6.45) is 1.87. The summed E-state index contributed by atoms with van der Waals surface area (Å²) >= 11 is 0. The van der Waals surface area contributed by atoms with E-state index in [9.17, 15) is 18.0 Å². The van der Waals surface area contributed by atoms with Gasteiger partial charge in [0.1, 0.15) is 11.3 Å². The average Bonchev–Trinajstić information content (AvgIpc) is 3.30. The molecule has 1 aromatic carbocycles. The van der Waals surface area contributed by atoms with Gasteiger partial charge < -0.3 is 9.47 Å². The maximum Gasteiger partial charge on any atom is 0.433 e. The van der Waals surface area contributed by atoms with Crippen LogP contribution in [0.3, 0.4) is 0 Å². The molecule has 2 aliphatic heterocycles. The molecule has 5 rings (SSSR count). The van der Waals surface area contributed by atoms with E-state index in [1.165, 1.54) is 13.5 Å². The Balaban J connectivity index is 1.44. The smallest absolute Gasteiger partial charge is 0.433 e. The van der Waals surface area contributed by atoms with Crippen LogP contribution in [0.4, 0.5) is 13.2 Å². The van der Waals surface area contributed by atoms with Gasteiger partial charge in [-0.15, -0.1) is 0 Å². The predicted octanol–water partition coefficient (Wildman–Crippen LogP) is 4.85. The first-order valence-electron chi connectivity index (χ1n) is 11.9. The van der Waals surface area contributed by atoms with Crippen LogP contribution in [0, 0.1) is 5.92 Å². The second-order valence-corrected chi connectivity index (χ2v) is 9.15. The molecule has 10 heteroatoms. The molecule has 186 valence electrons. The fourth-order valence-electron chi connectivity index (χ4n) is 5.25. The maximum atomic E-state index is 13.9. The number of nitrogens with zero attached hydrogens (tertiary/aromatic N) is 4. The SMILES string of the molecule is COc1ccc(-c2cc(C(F)(F)F)n3ncc(C(=O)OC[C@H]4CCCN5CCCC[C@H]45)c3n2)cc1. The first-order chi connectivity index (χ1) is 16.8. The van der Waals surface area contributed by atoms with E-state index in [0.717, 1.165) is 51.0 Å². The molecule has 0 aliphatic carbocycles. The van der Waals surface area contributed by atoms with Gasteiger partial charge >= 0.3 is 12.1 Å². The van der Waals surface area contributed by atoms with Crippen molar-refractivity contribution in [2.45, 2.75) is 44.3 Å². The molecule has 2 fully saturated rings. The number of rotatable bonds is 5. The first-order valence-corrected chi connectivity index (χ1v) is 11.9. The summed E-state index contributed by atoms with van der Waals surface area (Å²) in [5.74, 6) is 0.0857. The van der Waals surface area contributed by atoms with Crippen molar-refractivity contribution in [3.63, 3.8) is 0 Å². The monoisotopic (exact) mass is 488 g/mol. The number of aromatic nitrogens is 3. The standard InChI is InChI=1S/C25H27F3N4O3/c1-34-18-9-7-16(8-10-18)20-13-22(25(26,27)28)32-23(30-20)19(14-29-32)24(33)35-15-17-5-4-12-31-11-3-2-6-21(17)31/h7-10,13-14,17,21H,2-6,11-12,15H2,1H3/t17-,21-/m1/s1. The van der Waals surface area contributed by atoms with Gasteiger partial charge in [-0.25, -0.2) is 14.3 Å². The van der Waals surface area contributed by atoms with Crippen molar-refractivity contribution in [2.75, 3.05) is 26.8 Å². The number of benzene rings is 1. The Kier molecular flexibility index (Phi) is 6.39. The summed E-state index contributed by atoms with van der Waals surface area (Å²) in [5.41, 5.74) is -0.746. The van der Waals surface area contributed by atoms with E-state index in [2.05, 4.69) is 15.0 Å². The number of esters is 1. The summed E-state index contributed by atoms with van der Waals surface area (Å²) < 4.78 is 53.0. The highest BCUT2D eigenvalue weighted by molar-refractivity contribution is 5.96. The van der Waals surface area contributed by atoms with Gasteiger partial charge in [0.05, 0.1) is 25.6 Å². The summed E-state index contributed by atoms with van der Waals surface area (Å²) in [4.78, 5) is 19.8. The van der Waals surface area contributed by atoms with Crippen LogP contribution in [0.5, 0.6) is 5.75 Å². The number of hydrogen-bond donors (Lipinski definition) is 0. The number of carbonyl (C=O) groups is 1. The van der Waals surface area contributed by atoms with Crippen LogP contribution in [0.1, 0.15) is 48.2 Å². The normalized spacial score (nSPS) is 21.0. The van der Waals surface area contributed by atoms with E-state index in [1.54, 1.807) is 24.3 Å². The topological polar surface area (TPSA) is 69.0 Å². The van der Waals surface area contributed by atoms with Gasteiger partial charge in [0.2, 0.25) is 0 Å². The highest BCUT2D eigenvalue weighted by Crippen LogP contribution is 2.34. The number of methoxy groups -OCH3 is 1. The van der Waals surface area contributed by atoms with Crippen molar-refractivity contribution in [2.24, 2.45) is 5.92 Å². The molecule has 2 atom stereocenters. The third-order valence-corrected chi connectivity index (χ3v) is 7.03. The van der Waals surface area contributed by atoms with E-state index < -0.39 is 17.8 Å². The van der Waals surface area contributed by atoms with Crippen molar-refractivity contribution in [3.8, 4) is 17.0 Å². The van der Waals surface area contributed by atoms with Crippen molar-refractivity contribution < 1.29 is 27.4 Å². The lowest BCUT2D eigenvalue weighted by molar-refractivity contribution is -0.142. The summed E-state index contributed by atoms with van der Waals surface area (Å²) in [6.45, 7) is 2.38. The van der Waals surface area contributed by atoms with Gasteiger partial charge in [0, 0.05) is 17.5 Å². The Hall–Kier alpha value is -3.14. The van der Waals surface area contributed by atoms with Crippen LogP contribution >= 0.6 is 0 Å². The molecule has 7 nitrogen and oxygen atoms in total. The highest BCUT2D eigenvalue weighted by Gasteiger charge is 2.37. The lowest BCUT2D eigenvalue weighted by atomic mass is 9.84. The molecule has 0 unspecified atom stereocenters. The molecular weight excluding hydrogens is 461 g/mol. The molecule has 2 aliphatic rings. The van der Waals surface area contributed by atoms with E-state index in [-0.39, 0.29) is 29.4 Å². The lowest BCUT2D eigenvalue weighted by Crippen LogP contribution is -2.49. The number of alkyl halides is 3. The number of piperidine rings is 2. The Bertz CT molecular complexity index is 1210. The largest absolute Gasteiger partial charge is 0.497 e. The minimum Gasteiger partial charge on any atom is -0.497 e. The minimum atomic E-state index is -4.69. The summed E-state index contributed by atoms with van der Waals surface area (Å²) in [7, 11) is 1.50. The highest BCUT2D eigenvalue weighted by atomic mass is 19.4. The van der Waals surface area contributed by atoms with Gasteiger partial charge in [-0.2, -0.15) is 18.3 Å². The van der Waals surface area contributed by atoms with Gasteiger partial charge in [-0.1, -0.05) is 6.42 Å². The Labute approximate surface area is 200 Å². The molecule has 2 aromatic heterocycles. The Morgan fingerprint density at radius 3 is 2.63 bits per heavy atom. The van der Waals surface area contributed by atoms with Crippen LogP contribution in [0.15, 0.2) is 36.5 Å². The molecule has 0 bridgehead atoms. The molecule has 0 N–H and O–H groups in total.